The zero-order valence-corrected chi connectivity index (χ0v) is 22.1. The molecule has 37 heavy (non-hydrogen) atoms. The monoisotopic (exact) mass is 528 g/mol. The SMILES string of the molecule is CCCNC(=O)[C@@H]1[C@H]2C(=O)N(CCCCCCO)C(C(=O)NCn3nnc4ccccc43)C23CC[C@H]1S3. The summed E-state index contributed by atoms with van der Waals surface area (Å²) in [7, 11) is 0. The van der Waals surface area contributed by atoms with Crippen LogP contribution in [0, 0.1) is 11.8 Å². The lowest BCUT2D eigenvalue weighted by Gasteiger charge is -2.34. The van der Waals surface area contributed by atoms with Gasteiger partial charge in [-0.2, -0.15) is 0 Å². The fraction of sp³-hybridized carbons (Fsp3) is 0.654. The van der Waals surface area contributed by atoms with Crippen molar-refractivity contribution in [1.29, 1.82) is 0 Å². The molecule has 5 atom stereocenters. The average molecular weight is 529 g/mol. The molecule has 10 nitrogen and oxygen atoms in total. The number of para-hydroxylation sites is 1. The van der Waals surface area contributed by atoms with Crippen LogP contribution in [0.4, 0.5) is 0 Å². The van der Waals surface area contributed by atoms with Crippen molar-refractivity contribution in [2.75, 3.05) is 19.7 Å². The Kier molecular flexibility index (Phi) is 7.71. The predicted octanol–water partition coefficient (Wildman–Crippen LogP) is 1.68. The zero-order chi connectivity index (χ0) is 26.0. The number of unbranched alkanes of at least 4 members (excludes halogenated alkanes) is 3. The van der Waals surface area contributed by atoms with Gasteiger partial charge in [0.05, 0.1) is 22.1 Å². The minimum absolute atomic E-state index is 0.0580. The van der Waals surface area contributed by atoms with E-state index in [-0.39, 0.29) is 36.2 Å². The van der Waals surface area contributed by atoms with E-state index < -0.39 is 22.6 Å². The second-order valence-corrected chi connectivity index (χ2v) is 11.9. The quantitative estimate of drug-likeness (QED) is 0.358. The standard InChI is InChI=1S/C26H36N6O4S/c1-2-13-27-23(34)20-19-11-12-26(37-19)21(20)25(36)31(14-7-3-4-8-15-33)22(26)24(35)28-16-32-18-10-6-5-9-17(18)29-30-32/h5-6,9-10,19-22,33H,2-4,7-8,11-16H2,1H3,(H,27,34)(H,28,35)/t19-,20+,21+,22?,26?/m1/s1. The molecule has 3 fully saturated rings. The van der Waals surface area contributed by atoms with Gasteiger partial charge in [-0.3, -0.25) is 14.4 Å². The van der Waals surface area contributed by atoms with Crippen LogP contribution in [0.1, 0.15) is 51.9 Å². The Bertz CT molecular complexity index is 1160. The minimum atomic E-state index is -0.628. The fourth-order valence-electron chi connectivity index (χ4n) is 6.39. The number of amides is 3. The van der Waals surface area contributed by atoms with Gasteiger partial charge in [-0.25, -0.2) is 4.68 Å². The molecule has 1 aromatic heterocycles. The summed E-state index contributed by atoms with van der Waals surface area (Å²) in [4.78, 5) is 42.6. The first-order valence-electron chi connectivity index (χ1n) is 13.4. The van der Waals surface area contributed by atoms with Crippen LogP contribution in [0.5, 0.6) is 0 Å². The summed E-state index contributed by atoms with van der Waals surface area (Å²) in [6.45, 7) is 3.38. The van der Waals surface area contributed by atoms with Crippen molar-refractivity contribution >= 4 is 40.5 Å². The number of likely N-dealkylation sites (tertiary alicyclic amines) is 1. The van der Waals surface area contributed by atoms with Crippen LogP contribution in [0.2, 0.25) is 0 Å². The van der Waals surface area contributed by atoms with Crippen LogP contribution in [0.3, 0.4) is 0 Å². The molecule has 4 heterocycles. The number of carbonyl (C=O) groups is 3. The number of rotatable bonds is 12. The third kappa shape index (κ3) is 4.60. The molecule has 1 spiro atoms. The molecule has 3 N–H and O–H groups in total. The molecule has 200 valence electrons. The van der Waals surface area contributed by atoms with Crippen LogP contribution in [0.25, 0.3) is 11.0 Å². The summed E-state index contributed by atoms with van der Waals surface area (Å²) in [5.74, 6) is -1.20. The third-order valence-electron chi connectivity index (χ3n) is 8.03. The maximum Gasteiger partial charge on any atom is 0.245 e. The smallest absolute Gasteiger partial charge is 0.245 e. The minimum Gasteiger partial charge on any atom is -0.396 e. The number of fused-ring (bicyclic) bond motifs is 2. The van der Waals surface area contributed by atoms with Gasteiger partial charge in [0.1, 0.15) is 18.2 Å². The molecule has 0 saturated carbocycles. The second-order valence-electron chi connectivity index (χ2n) is 10.3. The van der Waals surface area contributed by atoms with Crippen molar-refractivity contribution < 1.29 is 19.5 Å². The first-order valence-corrected chi connectivity index (χ1v) is 14.3. The molecule has 2 aromatic rings. The van der Waals surface area contributed by atoms with Gasteiger partial charge in [0.25, 0.3) is 0 Å². The first-order chi connectivity index (χ1) is 18.0. The second kappa shape index (κ2) is 11.0. The molecule has 0 radical (unpaired) electrons. The van der Waals surface area contributed by atoms with E-state index in [1.807, 2.05) is 31.2 Å². The molecule has 3 aliphatic heterocycles. The highest BCUT2D eigenvalue weighted by molar-refractivity contribution is 8.02. The first kappa shape index (κ1) is 26.0. The highest BCUT2D eigenvalue weighted by Crippen LogP contribution is 2.66. The van der Waals surface area contributed by atoms with E-state index in [1.54, 1.807) is 21.3 Å². The predicted molar refractivity (Wildman–Crippen MR) is 140 cm³/mol. The van der Waals surface area contributed by atoms with Gasteiger partial charge in [-0.1, -0.05) is 37.1 Å². The maximum absolute atomic E-state index is 13.9. The van der Waals surface area contributed by atoms with E-state index >= 15 is 0 Å². The third-order valence-corrected chi connectivity index (χ3v) is 9.98. The van der Waals surface area contributed by atoms with E-state index in [1.165, 1.54) is 0 Å². The Hall–Kier alpha value is -2.66. The van der Waals surface area contributed by atoms with Crippen LogP contribution in [-0.4, -0.2) is 78.5 Å². The topological polar surface area (TPSA) is 129 Å². The van der Waals surface area contributed by atoms with Gasteiger partial charge < -0.3 is 20.6 Å². The lowest BCUT2D eigenvalue weighted by molar-refractivity contribution is -0.140. The van der Waals surface area contributed by atoms with Crippen molar-refractivity contribution in [2.45, 2.75) is 74.6 Å². The van der Waals surface area contributed by atoms with Crippen molar-refractivity contribution in [2.24, 2.45) is 11.8 Å². The van der Waals surface area contributed by atoms with Gasteiger partial charge in [-0.05, 0) is 44.2 Å². The maximum atomic E-state index is 13.9. The van der Waals surface area contributed by atoms with E-state index in [0.29, 0.717) is 13.1 Å². The number of aliphatic hydroxyl groups is 1. The van der Waals surface area contributed by atoms with Crippen molar-refractivity contribution in [3.05, 3.63) is 24.3 Å². The van der Waals surface area contributed by atoms with Crippen LogP contribution >= 0.6 is 11.8 Å². The normalized spacial score (nSPS) is 28.2. The molecule has 3 amide bonds. The van der Waals surface area contributed by atoms with E-state index in [0.717, 1.165) is 56.0 Å². The Balaban J connectivity index is 1.37. The van der Waals surface area contributed by atoms with Crippen LogP contribution in [0.15, 0.2) is 24.3 Å². The Morgan fingerprint density at radius 3 is 2.78 bits per heavy atom. The lowest BCUT2D eigenvalue weighted by atomic mass is 9.70. The number of nitrogens with one attached hydrogen (secondary N) is 2. The van der Waals surface area contributed by atoms with Crippen molar-refractivity contribution in [1.82, 2.24) is 30.5 Å². The Morgan fingerprint density at radius 1 is 1.16 bits per heavy atom. The molecular formula is C26H36N6O4S. The summed E-state index contributed by atoms with van der Waals surface area (Å²) in [6, 6.07) is 6.94. The van der Waals surface area contributed by atoms with Gasteiger partial charge in [-0.15, -0.1) is 16.9 Å². The number of thioether (sulfide) groups is 1. The molecule has 3 aliphatic rings. The molecule has 5 rings (SSSR count). The number of aromatic nitrogens is 3. The van der Waals surface area contributed by atoms with Gasteiger partial charge in [0.15, 0.2) is 0 Å². The molecule has 0 aliphatic carbocycles. The van der Waals surface area contributed by atoms with Crippen molar-refractivity contribution in [3.63, 3.8) is 0 Å². The summed E-state index contributed by atoms with van der Waals surface area (Å²) in [6.07, 6.45) is 5.66. The molecule has 11 heteroatoms. The number of hydrogen-bond acceptors (Lipinski definition) is 7. The molecule has 2 bridgehead atoms. The molecule has 1 aromatic carbocycles. The van der Waals surface area contributed by atoms with Gasteiger partial charge in [0, 0.05) is 24.9 Å². The number of carbonyl (C=O) groups excluding carboxylic acids is 3. The highest BCUT2D eigenvalue weighted by Gasteiger charge is 2.73. The summed E-state index contributed by atoms with van der Waals surface area (Å²) in [5, 5.41) is 23.5. The number of benzene rings is 1. The van der Waals surface area contributed by atoms with E-state index in [2.05, 4.69) is 20.9 Å². The van der Waals surface area contributed by atoms with Crippen LogP contribution in [-0.2, 0) is 21.1 Å². The zero-order valence-electron chi connectivity index (χ0n) is 21.3. The van der Waals surface area contributed by atoms with Crippen LogP contribution < -0.4 is 10.6 Å². The fourth-order valence-corrected chi connectivity index (χ4v) is 8.61. The molecule has 2 unspecified atom stereocenters. The molecule has 3 saturated heterocycles. The molecular weight excluding hydrogens is 492 g/mol. The number of hydrogen-bond donors (Lipinski definition) is 3. The average Bonchev–Trinajstić information content (AvgIpc) is 3.65. The Labute approximate surface area is 220 Å². The van der Waals surface area contributed by atoms with Gasteiger partial charge >= 0.3 is 0 Å². The summed E-state index contributed by atoms with van der Waals surface area (Å²) >= 11 is 1.68. The van der Waals surface area contributed by atoms with Crippen molar-refractivity contribution in [3.8, 4) is 0 Å². The summed E-state index contributed by atoms with van der Waals surface area (Å²) in [5.41, 5.74) is 1.58. The number of aliphatic hydroxyl groups excluding tert-OH is 1. The largest absolute Gasteiger partial charge is 0.396 e. The lowest BCUT2D eigenvalue weighted by Crippen LogP contribution is -2.54. The number of nitrogens with zero attached hydrogens (tertiary/aromatic N) is 4. The highest BCUT2D eigenvalue weighted by atomic mass is 32.2. The summed E-state index contributed by atoms with van der Waals surface area (Å²) < 4.78 is 1.06. The van der Waals surface area contributed by atoms with E-state index in [9.17, 15) is 14.4 Å². The van der Waals surface area contributed by atoms with E-state index in [4.69, 9.17) is 5.11 Å². The Morgan fingerprint density at radius 2 is 1.97 bits per heavy atom. The van der Waals surface area contributed by atoms with Gasteiger partial charge in [0.2, 0.25) is 17.7 Å².